The molecule has 2 N–H and O–H groups in total. The Morgan fingerprint density at radius 1 is 1.23 bits per heavy atom. The van der Waals surface area contributed by atoms with Crippen LogP contribution >= 0.6 is 0 Å². The highest BCUT2D eigenvalue weighted by atomic mass is 16.2. The van der Waals surface area contributed by atoms with E-state index in [0.717, 1.165) is 5.69 Å². The van der Waals surface area contributed by atoms with E-state index in [9.17, 15) is 4.79 Å². The molecule has 22 heavy (non-hydrogen) atoms. The summed E-state index contributed by atoms with van der Waals surface area (Å²) >= 11 is 0. The highest BCUT2D eigenvalue weighted by Crippen LogP contribution is 2.10. The number of hydrogen-bond donors (Lipinski definition) is 2. The number of rotatable bonds is 4. The molecule has 1 aromatic carbocycles. The maximum atomic E-state index is 12.1. The van der Waals surface area contributed by atoms with Gasteiger partial charge in [-0.2, -0.15) is 5.10 Å². The third-order valence-corrected chi connectivity index (χ3v) is 2.92. The molecule has 8 nitrogen and oxygen atoms in total. The molecule has 0 fully saturated rings. The first-order valence-corrected chi connectivity index (χ1v) is 6.71. The fourth-order valence-corrected chi connectivity index (χ4v) is 2.00. The molecule has 8 heteroatoms. The number of benzene rings is 1. The second kappa shape index (κ2) is 5.86. The van der Waals surface area contributed by atoms with Gasteiger partial charge in [-0.3, -0.25) is 9.89 Å². The van der Waals surface area contributed by atoms with E-state index in [1.807, 2.05) is 31.1 Å². The fraction of sp³-hybridized carbons (Fsp3) is 0.214. The minimum Gasteiger partial charge on any atom is -0.304 e. The van der Waals surface area contributed by atoms with E-state index in [1.54, 1.807) is 18.2 Å². The van der Waals surface area contributed by atoms with Crippen LogP contribution in [-0.2, 0) is 6.54 Å². The number of nitrogens with one attached hydrogen (secondary N) is 2. The van der Waals surface area contributed by atoms with E-state index in [4.69, 9.17) is 0 Å². The van der Waals surface area contributed by atoms with Gasteiger partial charge in [0.25, 0.3) is 5.91 Å². The van der Waals surface area contributed by atoms with Crippen LogP contribution in [0.25, 0.3) is 11.0 Å². The topological polar surface area (TPSA) is 99.7 Å². The standard InChI is InChI=1S/C14H15N7O/c1-21(2)8-9-7-12(19-17-9)16-14(22)13-15-10-5-3-4-6-11(10)18-20-13/h3-7H,8H2,1-2H3,(H2,16,17,19,22). The van der Waals surface area contributed by atoms with Crippen molar-refractivity contribution in [2.24, 2.45) is 0 Å². The molecule has 0 saturated carbocycles. The van der Waals surface area contributed by atoms with Gasteiger partial charge >= 0.3 is 0 Å². The molecule has 0 spiro atoms. The second-order valence-corrected chi connectivity index (χ2v) is 5.09. The average Bonchev–Trinajstić information content (AvgIpc) is 2.93. The average molecular weight is 297 g/mol. The normalized spacial score (nSPS) is 11.0. The molecule has 112 valence electrons. The van der Waals surface area contributed by atoms with Crippen molar-refractivity contribution in [2.75, 3.05) is 19.4 Å². The molecular weight excluding hydrogens is 282 g/mol. The smallest absolute Gasteiger partial charge is 0.296 e. The molecule has 1 amide bonds. The van der Waals surface area contributed by atoms with Crippen molar-refractivity contribution in [3.05, 3.63) is 41.9 Å². The molecule has 0 aliphatic rings. The number of nitrogens with zero attached hydrogens (tertiary/aromatic N) is 5. The Balaban J connectivity index is 1.76. The van der Waals surface area contributed by atoms with Gasteiger partial charge in [0.2, 0.25) is 5.82 Å². The molecule has 0 saturated heterocycles. The number of hydrogen-bond acceptors (Lipinski definition) is 6. The second-order valence-electron chi connectivity index (χ2n) is 5.09. The Morgan fingerprint density at radius 2 is 2.00 bits per heavy atom. The van der Waals surface area contributed by atoms with E-state index in [-0.39, 0.29) is 5.82 Å². The molecule has 3 rings (SSSR count). The fourth-order valence-electron chi connectivity index (χ4n) is 2.00. The summed E-state index contributed by atoms with van der Waals surface area (Å²) in [6.07, 6.45) is 0. The van der Waals surface area contributed by atoms with Crippen LogP contribution in [-0.4, -0.2) is 50.3 Å². The first kappa shape index (κ1) is 14.1. The summed E-state index contributed by atoms with van der Waals surface area (Å²) in [5.41, 5.74) is 2.17. The summed E-state index contributed by atoms with van der Waals surface area (Å²) in [6, 6.07) is 9.02. The minimum absolute atomic E-state index is 0.0101. The SMILES string of the molecule is CN(C)Cc1cc(NC(=O)c2nnc3ccccc3n2)n[nH]1. The van der Waals surface area contributed by atoms with Gasteiger partial charge in [-0.15, -0.1) is 10.2 Å². The molecule has 0 atom stereocenters. The van der Waals surface area contributed by atoms with E-state index in [2.05, 4.69) is 30.7 Å². The van der Waals surface area contributed by atoms with Gasteiger partial charge in [0.05, 0.1) is 11.2 Å². The van der Waals surface area contributed by atoms with Crippen LogP contribution in [0, 0.1) is 0 Å². The third-order valence-electron chi connectivity index (χ3n) is 2.92. The summed E-state index contributed by atoms with van der Waals surface area (Å²) in [4.78, 5) is 18.3. The van der Waals surface area contributed by atoms with Crippen LogP contribution in [0.4, 0.5) is 5.82 Å². The lowest BCUT2D eigenvalue weighted by Gasteiger charge is -2.05. The molecule has 3 aromatic rings. The van der Waals surface area contributed by atoms with Gasteiger partial charge in [-0.05, 0) is 26.2 Å². The highest BCUT2D eigenvalue weighted by molar-refractivity contribution is 6.01. The molecule has 2 aromatic heterocycles. The largest absolute Gasteiger partial charge is 0.304 e. The predicted molar refractivity (Wildman–Crippen MR) is 81.3 cm³/mol. The highest BCUT2D eigenvalue weighted by Gasteiger charge is 2.13. The summed E-state index contributed by atoms with van der Waals surface area (Å²) in [5.74, 6) is -0.00405. The Morgan fingerprint density at radius 3 is 2.77 bits per heavy atom. The molecule has 0 aliphatic carbocycles. The van der Waals surface area contributed by atoms with Crippen molar-refractivity contribution < 1.29 is 4.79 Å². The summed E-state index contributed by atoms with van der Waals surface area (Å²) < 4.78 is 0. The predicted octanol–water partition coefficient (Wildman–Crippen LogP) is 1.06. The van der Waals surface area contributed by atoms with Gasteiger partial charge in [0.15, 0.2) is 5.82 Å². The zero-order valence-corrected chi connectivity index (χ0v) is 12.2. The van der Waals surface area contributed by atoms with Crippen molar-refractivity contribution in [3.8, 4) is 0 Å². The van der Waals surface area contributed by atoms with Gasteiger partial charge in [0.1, 0.15) is 5.52 Å². The van der Waals surface area contributed by atoms with Crippen LogP contribution in [0.2, 0.25) is 0 Å². The molecule has 0 radical (unpaired) electrons. The molecular formula is C14H15N7O. The number of para-hydroxylation sites is 1. The quantitative estimate of drug-likeness (QED) is 0.747. The maximum absolute atomic E-state index is 12.1. The number of anilines is 1. The van der Waals surface area contributed by atoms with E-state index in [0.29, 0.717) is 23.4 Å². The summed E-state index contributed by atoms with van der Waals surface area (Å²) in [6.45, 7) is 0.705. The van der Waals surface area contributed by atoms with Crippen molar-refractivity contribution in [1.82, 2.24) is 30.3 Å². The lowest BCUT2D eigenvalue weighted by atomic mass is 10.3. The summed E-state index contributed by atoms with van der Waals surface area (Å²) in [7, 11) is 3.90. The number of aromatic amines is 1. The number of aromatic nitrogens is 5. The zero-order valence-electron chi connectivity index (χ0n) is 12.2. The number of amides is 1. The zero-order chi connectivity index (χ0) is 15.5. The van der Waals surface area contributed by atoms with Crippen LogP contribution < -0.4 is 5.32 Å². The monoisotopic (exact) mass is 297 g/mol. The van der Waals surface area contributed by atoms with Gasteiger partial charge in [-0.25, -0.2) is 4.98 Å². The first-order chi connectivity index (χ1) is 10.6. The van der Waals surface area contributed by atoms with Crippen molar-refractivity contribution >= 4 is 22.8 Å². The van der Waals surface area contributed by atoms with E-state index >= 15 is 0 Å². The first-order valence-electron chi connectivity index (χ1n) is 6.71. The van der Waals surface area contributed by atoms with Gasteiger partial charge in [0, 0.05) is 12.6 Å². The maximum Gasteiger partial charge on any atom is 0.296 e. The minimum atomic E-state index is -0.443. The number of carbonyl (C=O) groups is 1. The van der Waals surface area contributed by atoms with Crippen molar-refractivity contribution in [1.29, 1.82) is 0 Å². The Labute approximate surface area is 126 Å². The third kappa shape index (κ3) is 3.07. The van der Waals surface area contributed by atoms with Gasteiger partial charge < -0.3 is 10.2 Å². The van der Waals surface area contributed by atoms with Crippen LogP contribution in [0.5, 0.6) is 0 Å². The molecule has 0 aliphatic heterocycles. The van der Waals surface area contributed by atoms with Crippen LogP contribution in [0.1, 0.15) is 16.3 Å². The van der Waals surface area contributed by atoms with Gasteiger partial charge in [-0.1, -0.05) is 12.1 Å². The lowest BCUT2D eigenvalue weighted by Crippen LogP contribution is -2.16. The Bertz CT molecular complexity index is 812. The van der Waals surface area contributed by atoms with Crippen molar-refractivity contribution in [2.45, 2.75) is 6.54 Å². The van der Waals surface area contributed by atoms with E-state index < -0.39 is 5.91 Å². The van der Waals surface area contributed by atoms with Crippen LogP contribution in [0.3, 0.4) is 0 Å². The van der Waals surface area contributed by atoms with Crippen molar-refractivity contribution in [3.63, 3.8) is 0 Å². The van der Waals surface area contributed by atoms with Crippen LogP contribution in [0.15, 0.2) is 30.3 Å². The summed E-state index contributed by atoms with van der Waals surface area (Å²) in [5, 5.41) is 17.4. The molecule has 0 unspecified atom stereocenters. The number of H-pyrrole nitrogens is 1. The lowest BCUT2D eigenvalue weighted by molar-refractivity contribution is 0.101. The number of carbonyl (C=O) groups excluding carboxylic acids is 1. The molecule has 2 heterocycles. The van der Waals surface area contributed by atoms with E-state index in [1.165, 1.54) is 0 Å². The molecule has 0 bridgehead atoms. The Kier molecular flexibility index (Phi) is 3.75. The Hall–Kier alpha value is -2.87. The number of fused-ring (bicyclic) bond motifs is 1.